The Morgan fingerprint density at radius 3 is 1.14 bits per heavy atom. The molecule has 124 valence electrons. The van der Waals surface area contributed by atoms with E-state index in [1.54, 1.807) is 0 Å². The molecule has 0 heterocycles. The molecule has 5 heteroatoms. The van der Waals surface area contributed by atoms with E-state index in [0.717, 1.165) is 38.5 Å². The van der Waals surface area contributed by atoms with E-state index in [9.17, 15) is 19.8 Å². The standard InChI is InChI=1S/2C8H16O2.Sn.2H/c2*1-2-3-4-5-6-7-8(9)10;;;/h2*2-7H2,1H3,(H,9,10);;;/q;;+2;;/p-2. The molecule has 0 unspecified atom stereocenters. The van der Waals surface area contributed by atoms with Crippen molar-refractivity contribution in [1.29, 1.82) is 0 Å². The van der Waals surface area contributed by atoms with Crippen molar-refractivity contribution in [2.75, 3.05) is 0 Å². The molecule has 0 aliphatic heterocycles. The molecule has 0 radical (unpaired) electrons. The van der Waals surface area contributed by atoms with Crippen molar-refractivity contribution >= 4 is 35.8 Å². The molecule has 0 spiro atoms. The fourth-order valence-electron chi connectivity index (χ4n) is 1.75. The molecule has 0 aliphatic rings. The second-order valence-corrected chi connectivity index (χ2v) is 5.07. The molecule has 21 heavy (non-hydrogen) atoms. The average molecular weight is 407 g/mol. The number of carboxylic acid groups (broad SMARTS) is 2. The summed E-state index contributed by atoms with van der Waals surface area (Å²) < 4.78 is 0. The Morgan fingerprint density at radius 1 is 0.619 bits per heavy atom. The molecule has 0 aromatic heterocycles. The summed E-state index contributed by atoms with van der Waals surface area (Å²) in [7, 11) is 0. The van der Waals surface area contributed by atoms with Gasteiger partial charge in [-0.05, 0) is 25.7 Å². The summed E-state index contributed by atoms with van der Waals surface area (Å²) in [6.45, 7) is 4.28. The van der Waals surface area contributed by atoms with Crippen LogP contribution >= 0.6 is 0 Å². The van der Waals surface area contributed by atoms with Gasteiger partial charge in [0.05, 0.1) is 0 Å². The zero-order chi connectivity index (χ0) is 15.6. The molecule has 4 nitrogen and oxygen atoms in total. The van der Waals surface area contributed by atoms with Crippen LogP contribution in [0.5, 0.6) is 0 Å². The van der Waals surface area contributed by atoms with Crippen LogP contribution in [0.15, 0.2) is 0 Å². The Morgan fingerprint density at radius 2 is 0.905 bits per heavy atom. The van der Waals surface area contributed by atoms with Crippen molar-refractivity contribution in [3.8, 4) is 0 Å². The van der Waals surface area contributed by atoms with Crippen molar-refractivity contribution < 1.29 is 19.8 Å². The van der Waals surface area contributed by atoms with E-state index in [4.69, 9.17) is 0 Å². The molecule has 0 aromatic rings. The van der Waals surface area contributed by atoms with Gasteiger partial charge < -0.3 is 19.8 Å². The van der Waals surface area contributed by atoms with Crippen LogP contribution in [0.2, 0.25) is 0 Å². The first-order chi connectivity index (χ1) is 9.54. The summed E-state index contributed by atoms with van der Waals surface area (Å²) in [6, 6.07) is 0. The van der Waals surface area contributed by atoms with E-state index in [1.807, 2.05) is 0 Å². The summed E-state index contributed by atoms with van der Waals surface area (Å²) >= 11 is 0. The number of hydrogen-bond acceptors (Lipinski definition) is 4. The normalized spacial score (nSPS) is 9.24. The SMILES string of the molecule is CCCCCCCC(=O)[O-].CCCCCCCC(=O)[O-].[SnH2+2]. The molecule has 0 aromatic carbocycles. The first kappa shape index (κ1) is 25.7. The van der Waals surface area contributed by atoms with Gasteiger partial charge in [-0.2, -0.15) is 0 Å². The zero-order valence-corrected chi connectivity index (χ0v) is 17.9. The van der Waals surface area contributed by atoms with E-state index in [0.29, 0.717) is 0 Å². The molecule has 0 bridgehead atoms. The summed E-state index contributed by atoms with van der Waals surface area (Å²) in [5.74, 6) is -1.84. The minimum absolute atomic E-state index is 0. The predicted octanol–water partition coefficient (Wildman–Crippen LogP) is 1.28. The van der Waals surface area contributed by atoms with Crippen LogP contribution in [0.3, 0.4) is 0 Å². The van der Waals surface area contributed by atoms with Gasteiger partial charge in [-0.15, -0.1) is 0 Å². The number of hydrogen-bond donors (Lipinski definition) is 0. The van der Waals surface area contributed by atoms with Gasteiger partial charge in [0.25, 0.3) is 0 Å². The van der Waals surface area contributed by atoms with E-state index < -0.39 is 11.9 Å². The first-order valence-corrected chi connectivity index (χ1v) is 7.94. The number of carbonyl (C=O) groups excluding carboxylic acids is 2. The first-order valence-electron chi connectivity index (χ1n) is 7.94. The van der Waals surface area contributed by atoms with E-state index >= 15 is 0 Å². The van der Waals surface area contributed by atoms with Crippen LogP contribution in [-0.2, 0) is 9.59 Å². The fraction of sp³-hybridized carbons (Fsp3) is 0.875. The Hall–Kier alpha value is -0.261. The second kappa shape index (κ2) is 22.0. The fourth-order valence-corrected chi connectivity index (χ4v) is 1.75. The number of carboxylic acids is 2. The predicted molar refractivity (Wildman–Crippen MR) is 85.3 cm³/mol. The van der Waals surface area contributed by atoms with Crippen LogP contribution in [0, 0.1) is 0 Å². The van der Waals surface area contributed by atoms with E-state index in [1.165, 1.54) is 25.7 Å². The molecular weight excluding hydrogens is 375 g/mol. The minimum atomic E-state index is -0.920. The summed E-state index contributed by atoms with van der Waals surface area (Å²) in [4.78, 5) is 19.8. The van der Waals surface area contributed by atoms with Crippen LogP contribution in [0.4, 0.5) is 0 Å². The molecule has 0 N–H and O–H groups in total. The van der Waals surface area contributed by atoms with Crippen LogP contribution in [0.25, 0.3) is 0 Å². The van der Waals surface area contributed by atoms with Gasteiger partial charge in [0.15, 0.2) is 0 Å². The quantitative estimate of drug-likeness (QED) is 0.361. The Labute approximate surface area is 146 Å². The van der Waals surface area contributed by atoms with Gasteiger partial charge in [-0.3, -0.25) is 0 Å². The summed E-state index contributed by atoms with van der Waals surface area (Å²) in [5.41, 5.74) is 0. The average Bonchev–Trinajstić information content (AvgIpc) is 2.38. The van der Waals surface area contributed by atoms with Gasteiger partial charge in [0.2, 0.25) is 0 Å². The molecule has 0 aliphatic carbocycles. The molecular formula is C16H32O4Sn. The topological polar surface area (TPSA) is 80.3 Å². The van der Waals surface area contributed by atoms with Gasteiger partial charge in [-0.25, -0.2) is 0 Å². The molecule has 0 saturated carbocycles. The molecule has 0 atom stereocenters. The van der Waals surface area contributed by atoms with Gasteiger partial charge in [0.1, 0.15) is 0 Å². The van der Waals surface area contributed by atoms with Gasteiger partial charge >= 0.3 is 23.9 Å². The number of carbonyl (C=O) groups is 2. The van der Waals surface area contributed by atoms with Gasteiger partial charge in [-0.1, -0.05) is 65.2 Å². The number of aliphatic carboxylic acids is 2. The van der Waals surface area contributed by atoms with Crippen molar-refractivity contribution in [3.63, 3.8) is 0 Å². The molecule has 0 amide bonds. The molecule has 0 rings (SSSR count). The van der Waals surface area contributed by atoms with E-state index in [2.05, 4.69) is 13.8 Å². The maximum atomic E-state index is 9.92. The molecule has 0 saturated heterocycles. The van der Waals surface area contributed by atoms with E-state index in [-0.39, 0.29) is 36.7 Å². The van der Waals surface area contributed by atoms with Gasteiger partial charge in [0, 0.05) is 11.9 Å². The third kappa shape index (κ3) is 32.9. The van der Waals surface area contributed by atoms with Crippen LogP contribution < -0.4 is 10.2 Å². The second-order valence-electron chi connectivity index (χ2n) is 5.07. The third-order valence-electron chi connectivity index (χ3n) is 2.97. The molecule has 0 fully saturated rings. The van der Waals surface area contributed by atoms with Crippen molar-refractivity contribution in [3.05, 3.63) is 0 Å². The Bertz CT molecular complexity index is 208. The van der Waals surface area contributed by atoms with Crippen LogP contribution in [0.1, 0.15) is 90.9 Å². The van der Waals surface area contributed by atoms with Crippen LogP contribution in [-0.4, -0.2) is 35.8 Å². The zero-order valence-electron chi connectivity index (χ0n) is 13.8. The van der Waals surface area contributed by atoms with Crippen molar-refractivity contribution in [2.45, 2.75) is 90.9 Å². The van der Waals surface area contributed by atoms with Crippen molar-refractivity contribution in [2.24, 2.45) is 0 Å². The monoisotopic (exact) mass is 408 g/mol. The number of rotatable bonds is 12. The third-order valence-corrected chi connectivity index (χ3v) is 2.97. The summed E-state index contributed by atoms with van der Waals surface area (Å²) in [6.07, 6.45) is 11.2. The summed E-state index contributed by atoms with van der Waals surface area (Å²) in [5, 5.41) is 19.8. The van der Waals surface area contributed by atoms with Crippen molar-refractivity contribution in [1.82, 2.24) is 0 Å². The number of unbranched alkanes of at least 4 members (excludes halogenated alkanes) is 8. The Balaban J connectivity index is -0.000000295. The maximum absolute atomic E-state index is 9.92. The Kier molecular flexibility index (Phi) is 26.9.